The van der Waals surface area contributed by atoms with Crippen LogP contribution >= 0.6 is 11.8 Å². The Kier molecular flexibility index (Phi) is 6.20. The third-order valence-corrected chi connectivity index (χ3v) is 5.41. The normalized spacial score (nSPS) is 15.2. The molecule has 0 fully saturated rings. The van der Waals surface area contributed by atoms with Gasteiger partial charge in [0.2, 0.25) is 11.7 Å². The number of esters is 1. The standard InChI is InChI=1S/C20H19NO6S/c1-25-12-7-8-13(16(9-12)26-2)15(22)11-27-19(23)10-18-20(24)21-14-5-3-4-6-17(14)28-18/h3-9,18H,10-11H2,1-2H3,(H,21,24)/t18-/m1/s1. The number of amides is 1. The van der Waals surface area contributed by atoms with Gasteiger partial charge in [-0.15, -0.1) is 11.8 Å². The zero-order valence-electron chi connectivity index (χ0n) is 15.4. The minimum atomic E-state index is -0.618. The Labute approximate surface area is 166 Å². The SMILES string of the molecule is COc1ccc(C(=O)COC(=O)C[C@H]2Sc3ccccc3NC2=O)c(OC)c1. The van der Waals surface area contributed by atoms with E-state index in [9.17, 15) is 14.4 Å². The van der Waals surface area contributed by atoms with Gasteiger partial charge in [0.15, 0.2) is 6.61 Å². The van der Waals surface area contributed by atoms with Crippen molar-refractivity contribution in [1.29, 1.82) is 0 Å². The third-order valence-electron chi connectivity index (χ3n) is 4.13. The summed E-state index contributed by atoms with van der Waals surface area (Å²) in [6, 6.07) is 12.1. The van der Waals surface area contributed by atoms with Crippen molar-refractivity contribution in [1.82, 2.24) is 0 Å². The summed E-state index contributed by atoms with van der Waals surface area (Å²) >= 11 is 1.30. The minimum absolute atomic E-state index is 0.127. The Hall–Kier alpha value is -3.00. The van der Waals surface area contributed by atoms with Gasteiger partial charge in [0.1, 0.15) is 11.5 Å². The smallest absolute Gasteiger partial charge is 0.307 e. The number of para-hydroxylation sites is 1. The maximum atomic E-state index is 12.4. The van der Waals surface area contributed by atoms with Crippen LogP contribution in [0.5, 0.6) is 11.5 Å². The van der Waals surface area contributed by atoms with Crippen LogP contribution in [0.1, 0.15) is 16.8 Å². The highest BCUT2D eigenvalue weighted by atomic mass is 32.2. The topological polar surface area (TPSA) is 90.9 Å². The quantitative estimate of drug-likeness (QED) is 0.563. The minimum Gasteiger partial charge on any atom is -0.497 e. The van der Waals surface area contributed by atoms with E-state index < -0.39 is 23.6 Å². The predicted molar refractivity (Wildman–Crippen MR) is 104 cm³/mol. The molecule has 8 heteroatoms. The molecule has 0 aromatic heterocycles. The molecule has 1 atom stereocenters. The van der Waals surface area contributed by atoms with Gasteiger partial charge >= 0.3 is 5.97 Å². The molecule has 2 aromatic carbocycles. The molecule has 1 aliphatic heterocycles. The van der Waals surface area contributed by atoms with Crippen LogP contribution in [0.2, 0.25) is 0 Å². The molecule has 0 aliphatic carbocycles. The maximum Gasteiger partial charge on any atom is 0.307 e. The van der Waals surface area contributed by atoms with Crippen LogP contribution in [0.3, 0.4) is 0 Å². The Morgan fingerprint density at radius 3 is 2.64 bits per heavy atom. The Morgan fingerprint density at radius 1 is 1.11 bits per heavy atom. The highest BCUT2D eigenvalue weighted by molar-refractivity contribution is 8.01. The summed E-state index contributed by atoms with van der Waals surface area (Å²) in [6.45, 7) is -0.433. The van der Waals surface area contributed by atoms with E-state index in [0.717, 1.165) is 10.6 Å². The Morgan fingerprint density at radius 2 is 1.89 bits per heavy atom. The van der Waals surface area contributed by atoms with Crippen molar-refractivity contribution in [3.05, 3.63) is 48.0 Å². The molecular weight excluding hydrogens is 382 g/mol. The number of fused-ring (bicyclic) bond motifs is 1. The molecule has 0 saturated heterocycles. The van der Waals surface area contributed by atoms with E-state index in [2.05, 4.69) is 5.32 Å². The summed E-state index contributed by atoms with van der Waals surface area (Å²) in [7, 11) is 2.95. The molecule has 0 spiro atoms. The van der Waals surface area contributed by atoms with E-state index in [0.29, 0.717) is 11.5 Å². The summed E-state index contributed by atoms with van der Waals surface area (Å²) in [5.41, 5.74) is 1.01. The average molecular weight is 401 g/mol. The molecule has 146 valence electrons. The number of nitrogens with one attached hydrogen (secondary N) is 1. The van der Waals surface area contributed by atoms with Crippen LogP contribution in [-0.4, -0.2) is 43.7 Å². The fourth-order valence-corrected chi connectivity index (χ4v) is 3.79. The number of carbonyl (C=O) groups excluding carboxylic acids is 3. The first kappa shape index (κ1) is 19.8. The molecule has 0 unspecified atom stereocenters. The lowest BCUT2D eigenvalue weighted by atomic mass is 10.1. The van der Waals surface area contributed by atoms with Gasteiger partial charge in [0.25, 0.3) is 0 Å². The number of methoxy groups -OCH3 is 2. The predicted octanol–water partition coefficient (Wildman–Crippen LogP) is 2.93. The first-order chi connectivity index (χ1) is 13.5. The number of anilines is 1. The fourth-order valence-electron chi connectivity index (χ4n) is 2.69. The third kappa shape index (κ3) is 4.45. The lowest BCUT2D eigenvalue weighted by molar-refractivity contribution is -0.143. The largest absolute Gasteiger partial charge is 0.497 e. The summed E-state index contributed by atoms with van der Waals surface area (Å²) in [5.74, 6) is -0.402. The number of hydrogen-bond donors (Lipinski definition) is 1. The molecule has 3 rings (SSSR count). The second-order valence-corrected chi connectivity index (χ2v) is 7.19. The summed E-state index contributed by atoms with van der Waals surface area (Å²) < 4.78 is 15.4. The molecule has 0 radical (unpaired) electrons. The lowest BCUT2D eigenvalue weighted by Gasteiger charge is -2.23. The Bertz CT molecular complexity index is 913. The molecule has 0 bridgehead atoms. The van der Waals surface area contributed by atoms with Crippen LogP contribution in [0.4, 0.5) is 5.69 Å². The molecule has 2 aromatic rings. The number of benzene rings is 2. The highest BCUT2D eigenvalue weighted by Crippen LogP contribution is 2.36. The molecule has 7 nitrogen and oxygen atoms in total. The molecule has 1 aliphatic rings. The number of thioether (sulfide) groups is 1. The molecule has 28 heavy (non-hydrogen) atoms. The van der Waals surface area contributed by atoms with Gasteiger partial charge in [-0.2, -0.15) is 0 Å². The van der Waals surface area contributed by atoms with E-state index in [-0.39, 0.29) is 17.9 Å². The monoisotopic (exact) mass is 401 g/mol. The molecule has 1 N–H and O–H groups in total. The van der Waals surface area contributed by atoms with Crippen molar-refractivity contribution in [2.45, 2.75) is 16.6 Å². The van der Waals surface area contributed by atoms with Crippen LogP contribution in [0.25, 0.3) is 0 Å². The summed E-state index contributed by atoms with van der Waals surface area (Å²) in [5, 5.41) is 2.17. The summed E-state index contributed by atoms with van der Waals surface area (Å²) in [4.78, 5) is 37.6. The van der Waals surface area contributed by atoms with E-state index in [1.54, 1.807) is 24.3 Å². The van der Waals surface area contributed by atoms with Gasteiger partial charge in [-0.1, -0.05) is 12.1 Å². The van der Waals surface area contributed by atoms with Crippen LogP contribution in [0.15, 0.2) is 47.4 Å². The summed E-state index contributed by atoms with van der Waals surface area (Å²) in [6.07, 6.45) is -0.127. The first-order valence-electron chi connectivity index (χ1n) is 8.49. The molecule has 1 heterocycles. The highest BCUT2D eigenvalue weighted by Gasteiger charge is 2.29. The van der Waals surface area contributed by atoms with Crippen LogP contribution in [-0.2, 0) is 14.3 Å². The average Bonchev–Trinajstić information content (AvgIpc) is 2.72. The van der Waals surface area contributed by atoms with Crippen molar-refractivity contribution in [2.24, 2.45) is 0 Å². The zero-order chi connectivity index (χ0) is 20.1. The van der Waals surface area contributed by atoms with Crippen molar-refractivity contribution in [2.75, 3.05) is 26.1 Å². The lowest BCUT2D eigenvalue weighted by Crippen LogP contribution is -2.31. The van der Waals surface area contributed by atoms with Crippen molar-refractivity contribution in [3.63, 3.8) is 0 Å². The van der Waals surface area contributed by atoms with E-state index >= 15 is 0 Å². The second kappa shape index (κ2) is 8.79. The Balaban J connectivity index is 1.57. The van der Waals surface area contributed by atoms with E-state index in [1.165, 1.54) is 26.0 Å². The van der Waals surface area contributed by atoms with Crippen molar-refractivity contribution < 1.29 is 28.6 Å². The zero-order valence-corrected chi connectivity index (χ0v) is 16.2. The number of ether oxygens (including phenoxy) is 3. The van der Waals surface area contributed by atoms with Gasteiger partial charge < -0.3 is 19.5 Å². The van der Waals surface area contributed by atoms with E-state index in [1.807, 2.05) is 18.2 Å². The fraction of sp³-hybridized carbons (Fsp3) is 0.250. The molecular formula is C20H19NO6S. The van der Waals surface area contributed by atoms with Crippen LogP contribution < -0.4 is 14.8 Å². The van der Waals surface area contributed by atoms with E-state index in [4.69, 9.17) is 14.2 Å². The van der Waals surface area contributed by atoms with Gasteiger partial charge in [-0.05, 0) is 24.3 Å². The van der Waals surface area contributed by atoms with Gasteiger partial charge in [0.05, 0.1) is 37.1 Å². The van der Waals surface area contributed by atoms with Gasteiger partial charge in [0, 0.05) is 11.0 Å². The van der Waals surface area contributed by atoms with Crippen LogP contribution in [0, 0.1) is 0 Å². The number of Topliss-reactive ketones (excluding diaryl/α,β-unsaturated/α-hetero) is 1. The van der Waals surface area contributed by atoms with Crippen molar-refractivity contribution in [3.8, 4) is 11.5 Å². The molecule has 0 saturated carbocycles. The van der Waals surface area contributed by atoms with Gasteiger partial charge in [-0.3, -0.25) is 14.4 Å². The second-order valence-electron chi connectivity index (χ2n) is 5.95. The number of ketones is 1. The maximum absolute atomic E-state index is 12.4. The van der Waals surface area contributed by atoms with Crippen molar-refractivity contribution >= 4 is 35.1 Å². The van der Waals surface area contributed by atoms with Gasteiger partial charge in [-0.25, -0.2) is 0 Å². The number of hydrogen-bond acceptors (Lipinski definition) is 7. The molecule has 1 amide bonds. The number of rotatable bonds is 7. The first-order valence-corrected chi connectivity index (χ1v) is 9.37. The number of carbonyl (C=O) groups is 3.